The molecular formula is C21H20ClN3O2S. The van der Waals surface area contributed by atoms with Gasteiger partial charge in [-0.2, -0.15) is 4.99 Å². The number of carbonyl (C=O) groups excluding carboxylic acids is 1. The maximum absolute atomic E-state index is 12.3. The van der Waals surface area contributed by atoms with Crippen molar-refractivity contribution in [3.8, 4) is 5.75 Å². The van der Waals surface area contributed by atoms with Gasteiger partial charge in [-0.05, 0) is 59.8 Å². The van der Waals surface area contributed by atoms with E-state index in [0.717, 1.165) is 47.7 Å². The number of aliphatic imine (C=N–C) groups is 1. The molecular weight excluding hydrogens is 394 g/mol. The number of nitrogens with zero attached hydrogens (tertiary/aromatic N) is 3. The van der Waals surface area contributed by atoms with E-state index in [0.29, 0.717) is 4.91 Å². The molecule has 1 saturated heterocycles. The second-order valence-electron chi connectivity index (χ2n) is 6.53. The topological polar surface area (TPSA) is 45.1 Å². The van der Waals surface area contributed by atoms with Crippen molar-refractivity contribution in [3.05, 3.63) is 64.0 Å². The molecule has 2 aromatic rings. The summed E-state index contributed by atoms with van der Waals surface area (Å²) < 4.78 is 5.17. The van der Waals surface area contributed by atoms with Gasteiger partial charge in [-0.3, -0.25) is 4.79 Å². The maximum atomic E-state index is 12.3. The Balaban J connectivity index is 1.38. The van der Waals surface area contributed by atoms with Gasteiger partial charge in [-0.15, -0.1) is 0 Å². The van der Waals surface area contributed by atoms with Crippen LogP contribution in [-0.4, -0.2) is 49.3 Å². The second kappa shape index (κ2) is 8.29. The van der Waals surface area contributed by atoms with Crippen LogP contribution in [0.5, 0.6) is 5.75 Å². The van der Waals surface area contributed by atoms with Crippen LogP contribution < -0.4 is 9.64 Å². The quantitative estimate of drug-likeness (QED) is 0.707. The fourth-order valence-corrected chi connectivity index (χ4v) is 4.28. The van der Waals surface area contributed by atoms with Crippen molar-refractivity contribution in [1.82, 2.24) is 4.90 Å². The summed E-state index contributed by atoms with van der Waals surface area (Å²) in [6.07, 6.45) is 1.88. The van der Waals surface area contributed by atoms with E-state index in [1.54, 1.807) is 7.11 Å². The Morgan fingerprint density at radius 2 is 1.64 bits per heavy atom. The van der Waals surface area contributed by atoms with Crippen LogP contribution >= 0.6 is 23.4 Å². The molecule has 2 heterocycles. The van der Waals surface area contributed by atoms with Gasteiger partial charge in [0.1, 0.15) is 5.75 Å². The van der Waals surface area contributed by atoms with E-state index in [1.807, 2.05) is 54.6 Å². The van der Waals surface area contributed by atoms with Gasteiger partial charge in [0.05, 0.1) is 12.0 Å². The SMILES string of the molecule is COc1ccc(C=C2SC(N3CCN(c4ccc(Cl)cc4)CC3)=NC2=O)cc1. The van der Waals surface area contributed by atoms with Crippen LogP contribution in [0.1, 0.15) is 5.56 Å². The van der Waals surface area contributed by atoms with Gasteiger partial charge in [-0.1, -0.05) is 23.7 Å². The standard InChI is InChI=1S/C21H20ClN3O2S/c1-27-18-8-2-15(3-9-18)14-19-20(26)23-21(28-19)25-12-10-24(11-13-25)17-6-4-16(22)5-7-17/h2-9,14H,10-13H2,1H3. The Bertz CT molecular complexity index is 918. The lowest BCUT2D eigenvalue weighted by atomic mass is 10.2. The number of anilines is 1. The molecule has 0 atom stereocenters. The average molecular weight is 414 g/mol. The molecule has 2 aromatic carbocycles. The molecule has 2 aliphatic rings. The summed E-state index contributed by atoms with van der Waals surface area (Å²) >= 11 is 7.42. The van der Waals surface area contributed by atoms with E-state index in [9.17, 15) is 4.79 Å². The van der Waals surface area contributed by atoms with Gasteiger partial charge in [0.15, 0.2) is 5.17 Å². The van der Waals surface area contributed by atoms with E-state index >= 15 is 0 Å². The molecule has 7 heteroatoms. The zero-order valence-corrected chi connectivity index (χ0v) is 17.0. The lowest BCUT2D eigenvalue weighted by Crippen LogP contribution is -2.47. The Labute approximate surface area is 173 Å². The number of halogens is 1. The van der Waals surface area contributed by atoms with Crippen molar-refractivity contribution < 1.29 is 9.53 Å². The average Bonchev–Trinajstić information content (AvgIpc) is 3.09. The molecule has 0 saturated carbocycles. The number of benzene rings is 2. The van der Waals surface area contributed by atoms with Crippen LogP contribution in [0, 0.1) is 0 Å². The Morgan fingerprint density at radius 1 is 1.00 bits per heavy atom. The molecule has 0 unspecified atom stereocenters. The zero-order chi connectivity index (χ0) is 19.5. The molecule has 4 rings (SSSR count). The fourth-order valence-electron chi connectivity index (χ4n) is 3.19. The van der Waals surface area contributed by atoms with Crippen molar-refractivity contribution in [2.24, 2.45) is 4.99 Å². The van der Waals surface area contributed by atoms with E-state index in [-0.39, 0.29) is 5.91 Å². The number of thioether (sulfide) groups is 1. The lowest BCUT2D eigenvalue weighted by Gasteiger charge is -2.36. The van der Waals surface area contributed by atoms with E-state index < -0.39 is 0 Å². The van der Waals surface area contributed by atoms with E-state index in [2.05, 4.69) is 14.8 Å². The number of amidine groups is 1. The molecule has 0 radical (unpaired) electrons. The molecule has 1 amide bonds. The van der Waals surface area contributed by atoms with Crippen molar-refractivity contribution in [3.63, 3.8) is 0 Å². The monoisotopic (exact) mass is 413 g/mol. The third-order valence-electron chi connectivity index (χ3n) is 4.76. The minimum absolute atomic E-state index is 0.170. The summed E-state index contributed by atoms with van der Waals surface area (Å²) in [5.74, 6) is 0.624. The minimum atomic E-state index is -0.170. The predicted molar refractivity (Wildman–Crippen MR) is 116 cm³/mol. The smallest absolute Gasteiger partial charge is 0.286 e. The number of hydrogen-bond donors (Lipinski definition) is 0. The number of methoxy groups -OCH3 is 1. The van der Waals surface area contributed by atoms with Crippen LogP contribution in [0.4, 0.5) is 5.69 Å². The van der Waals surface area contributed by atoms with Gasteiger partial charge < -0.3 is 14.5 Å². The van der Waals surface area contributed by atoms with E-state index in [1.165, 1.54) is 17.4 Å². The summed E-state index contributed by atoms with van der Waals surface area (Å²) in [6, 6.07) is 15.5. The molecule has 144 valence electrons. The van der Waals surface area contributed by atoms with Crippen molar-refractivity contribution >= 4 is 46.2 Å². The maximum Gasteiger partial charge on any atom is 0.286 e. The fraction of sp³-hybridized carbons (Fsp3) is 0.238. The first kappa shape index (κ1) is 18.9. The molecule has 28 heavy (non-hydrogen) atoms. The number of piperazine rings is 1. The number of amides is 1. The van der Waals surface area contributed by atoms with Gasteiger partial charge in [0.25, 0.3) is 5.91 Å². The first-order valence-corrected chi connectivity index (χ1v) is 10.2. The molecule has 5 nitrogen and oxygen atoms in total. The van der Waals surface area contributed by atoms with Crippen LogP contribution in [0.15, 0.2) is 58.4 Å². The predicted octanol–water partition coefficient (Wildman–Crippen LogP) is 4.14. The third kappa shape index (κ3) is 4.18. The first-order chi connectivity index (χ1) is 13.6. The summed E-state index contributed by atoms with van der Waals surface area (Å²) in [5.41, 5.74) is 2.13. The van der Waals surface area contributed by atoms with Crippen LogP contribution in [0.3, 0.4) is 0 Å². The van der Waals surface area contributed by atoms with Crippen LogP contribution in [0.2, 0.25) is 5.02 Å². The second-order valence-corrected chi connectivity index (χ2v) is 7.98. The Morgan fingerprint density at radius 3 is 2.29 bits per heavy atom. The number of ether oxygens (including phenoxy) is 1. The summed E-state index contributed by atoms with van der Waals surface area (Å²) in [6.45, 7) is 3.43. The Kier molecular flexibility index (Phi) is 5.59. The van der Waals surface area contributed by atoms with Crippen LogP contribution in [-0.2, 0) is 4.79 Å². The summed E-state index contributed by atoms with van der Waals surface area (Å²) in [5, 5.41) is 1.54. The first-order valence-electron chi connectivity index (χ1n) is 9.04. The van der Waals surface area contributed by atoms with Gasteiger partial charge >= 0.3 is 0 Å². The third-order valence-corrected chi connectivity index (χ3v) is 6.06. The Hall–Kier alpha value is -2.44. The minimum Gasteiger partial charge on any atom is -0.497 e. The van der Waals surface area contributed by atoms with Crippen LogP contribution in [0.25, 0.3) is 6.08 Å². The van der Waals surface area contributed by atoms with Crippen molar-refractivity contribution in [1.29, 1.82) is 0 Å². The molecule has 0 bridgehead atoms. The normalized spacial score (nSPS) is 18.6. The highest BCUT2D eigenvalue weighted by molar-refractivity contribution is 8.18. The van der Waals surface area contributed by atoms with Gasteiger partial charge in [0.2, 0.25) is 0 Å². The molecule has 0 aliphatic carbocycles. The number of rotatable bonds is 3. The molecule has 0 aromatic heterocycles. The highest BCUT2D eigenvalue weighted by Crippen LogP contribution is 2.31. The van der Waals surface area contributed by atoms with Gasteiger partial charge in [-0.25, -0.2) is 0 Å². The number of carbonyl (C=O) groups is 1. The highest BCUT2D eigenvalue weighted by atomic mass is 35.5. The largest absolute Gasteiger partial charge is 0.497 e. The zero-order valence-electron chi connectivity index (χ0n) is 15.5. The highest BCUT2D eigenvalue weighted by Gasteiger charge is 2.28. The number of hydrogen-bond acceptors (Lipinski definition) is 5. The van der Waals surface area contributed by atoms with Gasteiger partial charge in [0, 0.05) is 36.9 Å². The molecule has 2 aliphatic heterocycles. The molecule has 0 spiro atoms. The van der Waals surface area contributed by atoms with Crippen molar-refractivity contribution in [2.75, 3.05) is 38.2 Å². The molecule has 0 N–H and O–H groups in total. The molecule has 1 fully saturated rings. The van der Waals surface area contributed by atoms with E-state index in [4.69, 9.17) is 16.3 Å². The summed E-state index contributed by atoms with van der Waals surface area (Å²) in [7, 11) is 1.64. The van der Waals surface area contributed by atoms with Crippen molar-refractivity contribution in [2.45, 2.75) is 0 Å². The summed E-state index contributed by atoms with van der Waals surface area (Å²) in [4.78, 5) is 21.8. The lowest BCUT2D eigenvalue weighted by molar-refractivity contribution is -0.113.